The third-order valence-electron chi connectivity index (χ3n) is 1.93. The molecule has 0 aliphatic rings. The first kappa shape index (κ1) is 14.4. The number of carboxylic acid groups (broad SMARTS) is 1. The third kappa shape index (κ3) is 4.60. The van der Waals surface area contributed by atoms with Gasteiger partial charge in [0.2, 0.25) is 0 Å². The van der Waals surface area contributed by atoms with E-state index in [1.165, 1.54) is 12.1 Å². The van der Waals surface area contributed by atoms with E-state index in [-0.39, 0.29) is 13.0 Å². The SMILES string of the molecule is O=C(O)CC(O)CNc1c(Cl)cc(Cl)cc1Cl. The van der Waals surface area contributed by atoms with Crippen LogP contribution in [0.2, 0.25) is 15.1 Å². The number of hydrogen-bond donors (Lipinski definition) is 3. The highest BCUT2D eigenvalue weighted by molar-refractivity contribution is 6.41. The number of rotatable bonds is 5. The quantitative estimate of drug-likeness (QED) is 0.782. The van der Waals surface area contributed by atoms with Crippen LogP contribution in [0.15, 0.2) is 12.1 Å². The molecule has 0 bridgehead atoms. The third-order valence-corrected chi connectivity index (χ3v) is 2.75. The van der Waals surface area contributed by atoms with Crippen molar-refractivity contribution in [3.05, 3.63) is 27.2 Å². The predicted molar refractivity (Wildman–Crippen MR) is 68.2 cm³/mol. The van der Waals surface area contributed by atoms with E-state index in [2.05, 4.69) is 5.32 Å². The first-order chi connectivity index (χ1) is 7.90. The second kappa shape index (κ2) is 6.31. The zero-order valence-corrected chi connectivity index (χ0v) is 10.9. The average Bonchev–Trinajstić information content (AvgIpc) is 2.14. The molecule has 0 aliphatic carbocycles. The van der Waals surface area contributed by atoms with E-state index >= 15 is 0 Å². The Bertz CT molecular complexity index is 402. The van der Waals surface area contributed by atoms with Gasteiger partial charge in [-0.2, -0.15) is 0 Å². The molecule has 0 aromatic heterocycles. The molecule has 0 radical (unpaired) electrons. The number of carboxylic acids is 1. The number of hydrogen-bond acceptors (Lipinski definition) is 3. The van der Waals surface area contributed by atoms with Crippen LogP contribution in [0.1, 0.15) is 6.42 Å². The number of anilines is 1. The molecule has 7 heteroatoms. The first-order valence-corrected chi connectivity index (χ1v) is 5.82. The summed E-state index contributed by atoms with van der Waals surface area (Å²) in [4.78, 5) is 10.3. The minimum absolute atomic E-state index is 0.0351. The number of aliphatic carboxylic acids is 1. The van der Waals surface area contributed by atoms with E-state index in [9.17, 15) is 9.90 Å². The van der Waals surface area contributed by atoms with Crippen molar-refractivity contribution < 1.29 is 15.0 Å². The van der Waals surface area contributed by atoms with Crippen LogP contribution in [0.25, 0.3) is 0 Å². The molecule has 1 aromatic rings. The fourth-order valence-electron chi connectivity index (χ4n) is 1.20. The van der Waals surface area contributed by atoms with Crippen LogP contribution in [0.3, 0.4) is 0 Å². The highest BCUT2D eigenvalue weighted by atomic mass is 35.5. The van der Waals surface area contributed by atoms with Gasteiger partial charge in [-0.25, -0.2) is 0 Å². The normalized spacial score (nSPS) is 12.2. The van der Waals surface area contributed by atoms with Gasteiger partial charge in [-0.3, -0.25) is 4.79 Å². The molecule has 1 rings (SSSR count). The van der Waals surface area contributed by atoms with E-state index < -0.39 is 12.1 Å². The van der Waals surface area contributed by atoms with E-state index in [1.54, 1.807) is 0 Å². The second-order valence-electron chi connectivity index (χ2n) is 3.38. The van der Waals surface area contributed by atoms with E-state index in [0.29, 0.717) is 20.8 Å². The van der Waals surface area contributed by atoms with Gasteiger partial charge in [0.05, 0.1) is 28.3 Å². The van der Waals surface area contributed by atoms with Crippen LogP contribution in [0, 0.1) is 0 Å². The molecule has 0 fully saturated rings. The van der Waals surface area contributed by atoms with Crippen LogP contribution in [0.5, 0.6) is 0 Å². The van der Waals surface area contributed by atoms with Gasteiger partial charge < -0.3 is 15.5 Å². The van der Waals surface area contributed by atoms with Crippen LogP contribution in [-0.4, -0.2) is 28.8 Å². The maximum absolute atomic E-state index is 10.3. The topological polar surface area (TPSA) is 69.6 Å². The molecule has 0 saturated heterocycles. The molecular weight excluding hydrogens is 288 g/mol. The minimum Gasteiger partial charge on any atom is -0.481 e. The van der Waals surface area contributed by atoms with Crippen molar-refractivity contribution in [2.75, 3.05) is 11.9 Å². The zero-order valence-electron chi connectivity index (χ0n) is 8.58. The van der Waals surface area contributed by atoms with E-state index in [1.807, 2.05) is 0 Å². The van der Waals surface area contributed by atoms with Gasteiger partial charge in [-0.15, -0.1) is 0 Å². The second-order valence-corrected chi connectivity index (χ2v) is 4.63. The van der Waals surface area contributed by atoms with E-state index in [4.69, 9.17) is 39.9 Å². The smallest absolute Gasteiger partial charge is 0.306 e. The summed E-state index contributed by atoms with van der Waals surface area (Å²) in [5.74, 6) is -1.08. The lowest BCUT2D eigenvalue weighted by atomic mass is 10.2. The molecular formula is C10H10Cl3NO3. The number of carbonyl (C=O) groups is 1. The van der Waals surface area contributed by atoms with E-state index in [0.717, 1.165) is 0 Å². The fourth-order valence-corrected chi connectivity index (χ4v) is 2.16. The lowest BCUT2D eigenvalue weighted by Gasteiger charge is -2.13. The molecule has 94 valence electrons. The Kier molecular flexibility index (Phi) is 5.33. The molecule has 1 aromatic carbocycles. The summed E-state index contributed by atoms with van der Waals surface area (Å²) in [5.41, 5.74) is 0.419. The van der Waals surface area contributed by atoms with Crippen LogP contribution in [-0.2, 0) is 4.79 Å². The minimum atomic E-state index is -1.08. The first-order valence-electron chi connectivity index (χ1n) is 4.68. The largest absolute Gasteiger partial charge is 0.481 e. The number of aliphatic hydroxyl groups is 1. The van der Waals surface area contributed by atoms with Crippen LogP contribution >= 0.6 is 34.8 Å². The highest BCUT2D eigenvalue weighted by Gasteiger charge is 2.12. The maximum atomic E-state index is 10.3. The maximum Gasteiger partial charge on any atom is 0.306 e. The van der Waals surface area contributed by atoms with Gasteiger partial charge in [0.15, 0.2) is 0 Å². The Hall–Kier alpha value is -0.680. The molecule has 17 heavy (non-hydrogen) atoms. The fraction of sp³-hybridized carbons (Fsp3) is 0.300. The highest BCUT2D eigenvalue weighted by Crippen LogP contribution is 2.33. The molecule has 0 spiro atoms. The number of halogens is 3. The molecule has 0 aliphatic heterocycles. The molecule has 1 unspecified atom stereocenters. The summed E-state index contributed by atoms with van der Waals surface area (Å²) in [7, 11) is 0. The molecule has 4 nitrogen and oxygen atoms in total. The lowest BCUT2D eigenvalue weighted by Crippen LogP contribution is -2.22. The molecule has 1 atom stereocenters. The van der Waals surface area contributed by atoms with Crippen molar-refractivity contribution in [3.8, 4) is 0 Å². The summed E-state index contributed by atoms with van der Waals surface area (Å²) >= 11 is 17.5. The molecule has 0 heterocycles. The van der Waals surface area contributed by atoms with Crippen LogP contribution < -0.4 is 5.32 Å². The van der Waals surface area contributed by atoms with Crippen LogP contribution in [0.4, 0.5) is 5.69 Å². The molecule has 0 amide bonds. The average molecular weight is 299 g/mol. The van der Waals surface area contributed by atoms with Crippen molar-refractivity contribution in [3.63, 3.8) is 0 Å². The Morgan fingerprint density at radius 1 is 1.29 bits per heavy atom. The monoisotopic (exact) mass is 297 g/mol. The summed E-state index contributed by atoms with van der Waals surface area (Å²) < 4.78 is 0. The van der Waals surface area contributed by atoms with Gasteiger partial charge >= 0.3 is 5.97 Å². The van der Waals surface area contributed by atoms with Gasteiger partial charge in [0.1, 0.15) is 0 Å². The zero-order chi connectivity index (χ0) is 13.0. The predicted octanol–water partition coefficient (Wildman–Crippen LogP) is 2.89. The summed E-state index contributed by atoms with van der Waals surface area (Å²) in [6.45, 7) is 0.0351. The van der Waals surface area contributed by atoms with Gasteiger partial charge in [0.25, 0.3) is 0 Å². The molecule has 0 saturated carbocycles. The Balaban J connectivity index is 2.66. The number of nitrogens with one attached hydrogen (secondary N) is 1. The Morgan fingerprint density at radius 3 is 2.29 bits per heavy atom. The summed E-state index contributed by atoms with van der Waals surface area (Å²) in [6, 6.07) is 3.00. The molecule has 3 N–H and O–H groups in total. The number of aliphatic hydroxyl groups excluding tert-OH is 1. The number of benzene rings is 1. The van der Waals surface area contributed by atoms with Crippen molar-refractivity contribution in [2.45, 2.75) is 12.5 Å². The van der Waals surface area contributed by atoms with Gasteiger partial charge in [-0.1, -0.05) is 34.8 Å². The summed E-state index contributed by atoms with van der Waals surface area (Å²) in [6.07, 6.45) is -1.37. The summed E-state index contributed by atoms with van der Waals surface area (Å²) in [5, 5.41) is 21.6. The van der Waals surface area contributed by atoms with Crippen molar-refractivity contribution in [1.82, 2.24) is 0 Å². The Morgan fingerprint density at radius 2 is 1.82 bits per heavy atom. The standard InChI is InChI=1S/C10H10Cl3NO3/c11-5-1-7(12)10(8(13)2-5)14-4-6(15)3-9(16)17/h1-2,6,14-15H,3-4H2,(H,16,17). The van der Waals surface area contributed by atoms with Crippen molar-refractivity contribution in [2.24, 2.45) is 0 Å². The van der Waals surface area contributed by atoms with Gasteiger partial charge in [0, 0.05) is 11.6 Å². The lowest BCUT2D eigenvalue weighted by molar-refractivity contribution is -0.138. The van der Waals surface area contributed by atoms with Gasteiger partial charge in [-0.05, 0) is 12.1 Å². The van der Waals surface area contributed by atoms with Crippen molar-refractivity contribution in [1.29, 1.82) is 0 Å². The van der Waals surface area contributed by atoms with Crippen molar-refractivity contribution >= 4 is 46.5 Å². The Labute approximate surface area is 113 Å².